The Bertz CT molecular complexity index is 896. The van der Waals surface area contributed by atoms with Gasteiger partial charge in [0.15, 0.2) is 23.8 Å². The van der Waals surface area contributed by atoms with Gasteiger partial charge in [0.25, 0.3) is 0 Å². The lowest BCUT2D eigenvalue weighted by molar-refractivity contribution is 0.539. The molecular formula is C17H16Cl2O4S2. The normalized spacial score (nSPS) is 17.5. The summed E-state index contributed by atoms with van der Waals surface area (Å²) < 4.78 is 51.4. The zero-order valence-corrected chi connectivity index (χ0v) is 16.3. The van der Waals surface area contributed by atoms with E-state index in [4.69, 9.17) is 23.2 Å². The minimum atomic E-state index is -4.11. The van der Waals surface area contributed by atoms with Crippen LogP contribution in [0.25, 0.3) is 0 Å². The van der Waals surface area contributed by atoms with Gasteiger partial charge in [0.1, 0.15) is 0 Å². The van der Waals surface area contributed by atoms with Crippen molar-refractivity contribution in [2.75, 3.05) is 0 Å². The van der Waals surface area contributed by atoms with Crippen LogP contribution in [0.1, 0.15) is 25.7 Å². The highest BCUT2D eigenvalue weighted by Gasteiger charge is 2.57. The topological polar surface area (TPSA) is 68.3 Å². The van der Waals surface area contributed by atoms with E-state index in [1.807, 2.05) is 0 Å². The Morgan fingerprint density at radius 1 is 0.640 bits per heavy atom. The molecule has 134 valence electrons. The average Bonchev–Trinajstić information content (AvgIpc) is 3.08. The summed E-state index contributed by atoms with van der Waals surface area (Å²) in [6, 6.07) is 11.2. The smallest absolute Gasteiger partial charge is 0.198 e. The van der Waals surface area contributed by atoms with Gasteiger partial charge in [-0.15, -0.1) is 0 Å². The summed E-state index contributed by atoms with van der Waals surface area (Å²) in [4.78, 5) is -0.0623. The van der Waals surface area contributed by atoms with Crippen LogP contribution in [0.15, 0.2) is 58.3 Å². The van der Waals surface area contributed by atoms with E-state index in [1.165, 1.54) is 48.5 Å². The third-order valence-electron chi connectivity index (χ3n) is 4.59. The lowest BCUT2D eigenvalue weighted by Gasteiger charge is -2.28. The first-order chi connectivity index (χ1) is 11.7. The number of sulfone groups is 2. The minimum Gasteiger partial charge on any atom is -0.222 e. The molecule has 1 fully saturated rings. The first-order valence-electron chi connectivity index (χ1n) is 7.71. The van der Waals surface area contributed by atoms with Crippen molar-refractivity contribution in [3.05, 3.63) is 58.6 Å². The van der Waals surface area contributed by atoms with E-state index in [1.54, 1.807) is 0 Å². The summed E-state index contributed by atoms with van der Waals surface area (Å²) >= 11 is 11.7. The van der Waals surface area contributed by atoms with Crippen LogP contribution in [0.3, 0.4) is 0 Å². The highest BCUT2D eigenvalue weighted by atomic mass is 35.5. The fourth-order valence-corrected chi connectivity index (χ4v) is 8.74. The van der Waals surface area contributed by atoms with Crippen LogP contribution in [0, 0.1) is 0 Å². The molecule has 0 N–H and O–H groups in total. The molecule has 0 radical (unpaired) electrons. The van der Waals surface area contributed by atoms with Crippen LogP contribution in [0.4, 0.5) is 0 Å². The Kier molecular flexibility index (Phi) is 4.92. The number of halogens is 2. The van der Waals surface area contributed by atoms with Gasteiger partial charge in [0, 0.05) is 10.0 Å². The highest BCUT2D eigenvalue weighted by Crippen LogP contribution is 2.47. The molecule has 0 atom stereocenters. The summed E-state index contributed by atoms with van der Waals surface area (Å²) in [6.45, 7) is 0. The van der Waals surface area contributed by atoms with Gasteiger partial charge in [-0.1, -0.05) is 36.0 Å². The zero-order valence-electron chi connectivity index (χ0n) is 13.2. The molecule has 8 heteroatoms. The second-order valence-corrected chi connectivity index (χ2v) is 11.7. The van der Waals surface area contributed by atoms with E-state index < -0.39 is 23.8 Å². The highest BCUT2D eigenvalue weighted by molar-refractivity contribution is 8.10. The third kappa shape index (κ3) is 2.99. The van der Waals surface area contributed by atoms with Gasteiger partial charge in [0.05, 0.1) is 9.79 Å². The monoisotopic (exact) mass is 418 g/mol. The Morgan fingerprint density at radius 2 is 0.960 bits per heavy atom. The van der Waals surface area contributed by atoms with Gasteiger partial charge < -0.3 is 0 Å². The molecule has 0 saturated heterocycles. The summed E-state index contributed by atoms with van der Waals surface area (Å²) in [5, 5.41) is 0.778. The van der Waals surface area contributed by atoms with Gasteiger partial charge in [-0.05, 0) is 61.4 Å². The van der Waals surface area contributed by atoms with Crippen LogP contribution in [0.2, 0.25) is 10.0 Å². The molecule has 0 aliphatic heterocycles. The molecule has 2 aromatic rings. The second-order valence-electron chi connectivity index (χ2n) is 6.03. The van der Waals surface area contributed by atoms with Gasteiger partial charge in [-0.2, -0.15) is 0 Å². The van der Waals surface area contributed by atoms with E-state index in [2.05, 4.69) is 0 Å². The Morgan fingerprint density at radius 3 is 1.28 bits per heavy atom. The minimum absolute atomic E-state index is 0.0312. The van der Waals surface area contributed by atoms with Gasteiger partial charge in [-0.3, -0.25) is 0 Å². The second kappa shape index (κ2) is 6.58. The van der Waals surface area contributed by atoms with Crippen LogP contribution in [0.5, 0.6) is 0 Å². The van der Waals surface area contributed by atoms with Crippen molar-refractivity contribution in [1.29, 1.82) is 0 Å². The summed E-state index contributed by atoms with van der Waals surface area (Å²) in [5.41, 5.74) is 0. The maximum atomic E-state index is 13.3. The van der Waals surface area contributed by atoms with Crippen molar-refractivity contribution >= 4 is 42.9 Å². The fraction of sp³-hybridized carbons (Fsp3) is 0.294. The van der Waals surface area contributed by atoms with E-state index in [0.717, 1.165) is 0 Å². The number of benzene rings is 2. The van der Waals surface area contributed by atoms with Crippen molar-refractivity contribution in [3.63, 3.8) is 0 Å². The van der Waals surface area contributed by atoms with Crippen LogP contribution in [-0.2, 0) is 19.7 Å². The van der Waals surface area contributed by atoms with Crippen LogP contribution < -0.4 is 0 Å². The molecule has 0 unspecified atom stereocenters. The maximum Gasteiger partial charge on any atom is 0.198 e. The molecule has 0 amide bonds. The Labute approximate surface area is 157 Å². The number of hydrogen-bond donors (Lipinski definition) is 0. The van der Waals surface area contributed by atoms with E-state index in [9.17, 15) is 16.8 Å². The standard InChI is InChI=1S/C17H16Cl2O4S2/c18-13-3-7-15(8-4-13)24(20,21)17(11-1-2-12-17)25(22,23)16-9-5-14(19)6-10-16/h3-10H,1-2,11-12H2. The van der Waals surface area contributed by atoms with Crippen molar-refractivity contribution in [1.82, 2.24) is 0 Å². The van der Waals surface area contributed by atoms with Crippen LogP contribution in [-0.4, -0.2) is 20.9 Å². The van der Waals surface area contributed by atoms with Gasteiger partial charge >= 0.3 is 0 Å². The lowest BCUT2D eigenvalue weighted by Crippen LogP contribution is -2.44. The van der Waals surface area contributed by atoms with E-state index >= 15 is 0 Å². The molecule has 1 saturated carbocycles. The Balaban J connectivity index is 2.20. The molecule has 1 aliphatic rings. The molecule has 0 aromatic heterocycles. The molecule has 0 spiro atoms. The van der Waals surface area contributed by atoms with Crippen molar-refractivity contribution in [3.8, 4) is 0 Å². The SMILES string of the molecule is O=S(=O)(c1ccc(Cl)cc1)C1(S(=O)(=O)c2ccc(Cl)cc2)CCCC1. The first kappa shape index (κ1) is 18.7. The van der Waals surface area contributed by atoms with E-state index in [0.29, 0.717) is 22.9 Å². The summed E-state index contributed by atoms with van der Waals surface area (Å²) in [7, 11) is -8.23. The maximum absolute atomic E-state index is 13.3. The van der Waals surface area contributed by atoms with Crippen molar-refractivity contribution < 1.29 is 16.8 Å². The molecule has 0 heterocycles. The average molecular weight is 419 g/mol. The van der Waals surface area contributed by atoms with Crippen molar-refractivity contribution in [2.24, 2.45) is 0 Å². The first-order valence-corrected chi connectivity index (χ1v) is 11.4. The molecule has 1 aliphatic carbocycles. The van der Waals surface area contributed by atoms with E-state index in [-0.39, 0.29) is 22.6 Å². The summed E-state index contributed by atoms with van der Waals surface area (Å²) in [6.07, 6.45) is 1.23. The number of hydrogen-bond acceptors (Lipinski definition) is 4. The quantitative estimate of drug-likeness (QED) is 0.731. The lowest BCUT2D eigenvalue weighted by atomic mass is 10.3. The molecule has 0 bridgehead atoms. The largest absolute Gasteiger partial charge is 0.222 e. The van der Waals surface area contributed by atoms with Gasteiger partial charge in [-0.25, -0.2) is 16.8 Å². The summed E-state index contributed by atoms with van der Waals surface area (Å²) in [5.74, 6) is 0. The molecule has 2 aromatic carbocycles. The van der Waals surface area contributed by atoms with Gasteiger partial charge in [0.2, 0.25) is 0 Å². The molecular weight excluding hydrogens is 403 g/mol. The predicted octanol–water partition coefficient (Wildman–Crippen LogP) is 4.51. The fourth-order valence-electron chi connectivity index (χ4n) is 3.25. The Hall–Kier alpha value is -1.08. The molecule has 25 heavy (non-hydrogen) atoms. The third-order valence-corrected chi connectivity index (χ3v) is 11.0. The molecule has 4 nitrogen and oxygen atoms in total. The zero-order chi connectivity index (χ0) is 18.3. The predicted molar refractivity (Wildman–Crippen MR) is 98.5 cm³/mol. The molecule has 3 rings (SSSR count). The van der Waals surface area contributed by atoms with Crippen LogP contribution >= 0.6 is 23.2 Å². The van der Waals surface area contributed by atoms with Crippen molar-refractivity contribution in [2.45, 2.75) is 39.6 Å². The number of rotatable bonds is 4.